The third-order valence-corrected chi connectivity index (χ3v) is 6.44. The second-order valence-corrected chi connectivity index (χ2v) is 9.89. The number of aryl methyl sites for hydroxylation is 1. The van der Waals surface area contributed by atoms with Gasteiger partial charge in [-0.15, -0.1) is 0 Å². The summed E-state index contributed by atoms with van der Waals surface area (Å²) in [4.78, 5) is 0. The van der Waals surface area contributed by atoms with Crippen molar-refractivity contribution in [2.45, 2.75) is 58.0 Å². The molecule has 1 aliphatic rings. The summed E-state index contributed by atoms with van der Waals surface area (Å²) in [6.07, 6.45) is 3.22. The molecule has 0 fully saturated rings. The van der Waals surface area contributed by atoms with Gasteiger partial charge in [-0.2, -0.15) is 5.26 Å². The molecule has 0 spiro atoms. The van der Waals surface area contributed by atoms with Crippen LogP contribution in [0, 0.1) is 11.3 Å². The molecule has 1 heterocycles. The van der Waals surface area contributed by atoms with E-state index in [9.17, 15) is 5.11 Å². The Morgan fingerprint density at radius 1 is 1.03 bits per heavy atom. The normalized spacial score (nSPS) is 14.8. The van der Waals surface area contributed by atoms with Crippen molar-refractivity contribution in [3.05, 3.63) is 94.5 Å². The Morgan fingerprint density at radius 2 is 1.86 bits per heavy atom. The van der Waals surface area contributed by atoms with Crippen LogP contribution < -0.4 is 14.8 Å². The zero-order valence-electron chi connectivity index (χ0n) is 21.7. The molecule has 3 aromatic rings. The minimum atomic E-state index is -0.619. The number of hydrogen-bond acceptors (Lipinski definition) is 6. The summed E-state index contributed by atoms with van der Waals surface area (Å²) in [5.41, 5.74) is 4.95. The molecule has 0 saturated heterocycles. The molecule has 0 unspecified atom stereocenters. The van der Waals surface area contributed by atoms with Gasteiger partial charge in [0.1, 0.15) is 11.5 Å². The summed E-state index contributed by atoms with van der Waals surface area (Å²) in [6.45, 7) is 6.20. The quantitative estimate of drug-likeness (QED) is 0.321. The molecule has 6 nitrogen and oxygen atoms in total. The fourth-order valence-electron chi connectivity index (χ4n) is 4.32. The van der Waals surface area contributed by atoms with Gasteiger partial charge < -0.3 is 24.6 Å². The Morgan fingerprint density at radius 3 is 2.68 bits per heavy atom. The van der Waals surface area contributed by atoms with Gasteiger partial charge in [0.2, 0.25) is 5.79 Å². The van der Waals surface area contributed by atoms with E-state index in [1.54, 1.807) is 0 Å². The van der Waals surface area contributed by atoms with E-state index in [0.717, 1.165) is 54.9 Å². The summed E-state index contributed by atoms with van der Waals surface area (Å²) in [6, 6.07) is 24.0. The van der Waals surface area contributed by atoms with Crippen LogP contribution >= 0.6 is 0 Å². The van der Waals surface area contributed by atoms with E-state index in [1.165, 1.54) is 11.1 Å². The van der Waals surface area contributed by atoms with Crippen LogP contribution in [0.25, 0.3) is 0 Å². The fraction of sp³-hybridized carbons (Fsp3) is 0.387. The van der Waals surface area contributed by atoms with Crippen molar-refractivity contribution in [2.24, 2.45) is 0 Å². The van der Waals surface area contributed by atoms with Crippen molar-refractivity contribution in [3.8, 4) is 17.6 Å². The number of nitrogens with one attached hydrogen (secondary N) is 1. The summed E-state index contributed by atoms with van der Waals surface area (Å²) in [5, 5.41) is 22.9. The molecule has 3 aromatic carbocycles. The van der Waals surface area contributed by atoms with Crippen LogP contribution in [0.5, 0.6) is 11.5 Å². The highest BCUT2D eigenvalue weighted by molar-refractivity contribution is 5.39. The first kappa shape index (κ1) is 26.7. The molecule has 0 amide bonds. The van der Waals surface area contributed by atoms with Gasteiger partial charge in [0.15, 0.2) is 0 Å². The van der Waals surface area contributed by atoms with Crippen molar-refractivity contribution >= 4 is 0 Å². The molecule has 0 radical (unpaired) electrons. The molecule has 4 rings (SSSR count). The van der Waals surface area contributed by atoms with Crippen LogP contribution in [0.3, 0.4) is 0 Å². The van der Waals surface area contributed by atoms with Crippen LogP contribution in [-0.2, 0) is 24.2 Å². The minimum Gasteiger partial charge on any atom is -0.494 e. The molecule has 0 aromatic heterocycles. The van der Waals surface area contributed by atoms with Gasteiger partial charge in [-0.25, -0.2) is 0 Å². The number of fused-ring (bicyclic) bond motifs is 1. The van der Waals surface area contributed by atoms with Crippen molar-refractivity contribution in [1.82, 2.24) is 5.32 Å². The molecule has 0 saturated carbocycles. The van der Waals surface area contributed by atoms with Gasteiger partial charge >= 0.3 is 0 Å². The lowest BCUT2D eigenvalue weighted by Crippen LogP contribution is -2.35. The second-order valence-electron chi connectivity index (χ2n) is 9.89. The predicted octanol–water partition coefficient (Wildman–Crippen LogP) is 5.47. The maximum atomic E-state index is 10.6. The standard InChI is InChI=1S/C31H36N2O4/c1-31(2)36-22-27-19-26(11-14-30(27)37-31)29(34)21-33-16-15-23-9-12-28(13-10-23)35-17-4-3-6-24-7-5-8-25(18-24)20-32/h5,7-14,18-19,29,33-34H,3-4,6,15-17,21-22H2,1-2H3/t29-/m0/s1. The number of rotatable bonds is 12. The Kier molecular flexibility index (Phi) is 9.19. The Bertz CT molecular complexity index is 1200. The molecule has 1 atom stereocenters. The van der Waals surface area contributed by atoms with E-state index >= 15 is 0 Å². The SMILES string of the molecule is CC1(C)OCc2cc([C@@H](O)CNCCc3ccc(OCCCCc4cccc(C#N)c4)cc3)ccc2O1. The van der Waals surface area contributed by atoms with E-state index in [1.807, 2.05) is 62.4 Å². The average Bonchev–Trinajstić information content (AvgIpc) is 2.91. The van der Waals surface area contributed by atoms with E-state index in [4.69, 9.17) is 19.5 Å². The highest BCUT2D eigenvalue weighted by atomic mass is 16.7. The number of nitrogens with zero attached hydrogens (tertiary/aromatic N) is 1. The lowest BCUT2D eigenvalue weighted by atomic mass is 10.0. The lowest BCUT2D eigenvalue weighted by Gasteiger charge is -2.33. The van der Waals surface area contributed by atoms with Crippen LogP contribution in [0.1, 0.15) is 60.6 Å². The number of unbranched alkanes of at least 4 members (excludes halogenated alkanes) is 1. The first-order chi connectivity index (χ1) is 17.9. The minimum absolute atomic E-state index is 0.480. The summed E-state index contributed by atoms with van der Waals surface area (Å²) in [7, 11) is 0. The van der Waals surface area contributed by atoms with E-state index in [0.29, 0.717) is 25.3 Å². The van der Waals surface area contributed by atoms with Crippen molar-refractivity contribution < 1.29 is 19.3 Å². The van der Waals surface area contributed by atoms with Gasteiger partial charge in [-0.1, -0.05) is 30.3 Å². The number of ether oxygens (including phenoxy) is 3. The average molecular weight is 501 g/mol. The topological polar surface area (TPSA) is 83.7 Å². The fourth-order valence-corrected chi connectivity index (χ4v) is 4.32. The molecule has 0 bridgehead atoms. The molecular weight excluding hydrogens is 464 g/mol. The van der Waals surface area contributed by atoms with Crippen LogP contribution in [-0.4, -0.2) is 30.6 Å². The Hall–Kier alpha value is -3.37. The summed E-state index contributed by atoms with van der Waals surface area (Å²) < 4.78 is 17.4. The highest BCUT2D eigenvalue weighted by Crippen LogP contribution is 2.32. The zero-order valence-corrected chi connectivity index (χ0v) is 21.7. The Balaban J connectivity index is 1.11. The maximum absolute atomic E-state index is 10.6. The van der Waals surface area contributed by atoms with E-state index in [-0.39, 0.29) is 0 Å². The lowest BCUT2D eigenvalue weighted by molar-refractivity contribution is -0.180. The van der Waals surface area contributed by atoms with Crippen molar-refractivity contribution in [3.63, 3.8) is 0 Å². The molecule has 1 aliphatic heterocycles. The number of aliphatic hydroxyl groups excluding tert-OH is 1. The summed E-state index contributed by atoms with van der Waals surface area (Å²) in [5.74, 6) is 1.07. The maximum Gasteiger partial charge on any atom is 0.205 e. The van der Waals surface area contributed by atoms with Crippen molar-refractivity contribution in [2.75, 3.05) is 19.7 Å². The summed E-state index contributed by atoms with van der Waals surface area (Å²) >= 11 is 0. The molecular formula is C31H36N2O4. The second kappa shape index (κ2) is 12.7. The molecule has 37 heavy (non-hydrogen) atoms. The van der Waals surface area contributed by atoms with E-state index < -0.39 is 11.9 Å². The smallest absolute Gasteiger partial charge is 0.205 e. The zero-order chi connectivity index (χ0) is 26.1. The molecule has 194 valence electrons. The van der Waals surface area contributed by atoms with Crippen LogP contribution in [0.2, 0.25) is 0 Å². The molecule has 2 N–H and O–H groups in total. The number of benzene rings is 3. The van der Waals surface area contributed by atoms with Gasteiger partial charge in [-0.3, -0.25) is 0 Å². The van der Waals surface area contributed by atoms with Crippen LogP contribution in [0.4, 0.5) is 0 Å². The van der Waals surface area contributed by atoms with Gasteiger partial charge in [0.25, 0.3) is 0 Å². The van der Waals surface area contributed by atoms with Crippen molar-refractivity contribution in [1.29, 1.82) is 5.26 Å². The first-order valence-corrected chi connectivity index (χ1v) is 13.0. The largest absolute Gasteiger partial charge is 0.494 e. The van der Waals surface area contributed by atoms with Crippen LogP contribution in [0.15, 0.2) is 66.7 Å². The van der Waals surface area contributed by atoms with Gasteiger partial charge in [0.05, 0.1) is 31.0 Å². The number of nitriles is 1. The predicted molar refractivity (Wildman–Crippen MR) is 144 cm³/mol. The number of aliphatic hydroxyl groups is 1. The number of hydrogen-bond donors (Lipinski definition) is 2. The van der Waals surface area contributed by atoms with Gasteiger partial charge in [0, 0.05) is 26.0 Å². The highest BCUT2D eigenvalue weighted by Gasteiger charge is 2.27. The molecule has 6 heteroatoms. The Labute approximate surface area is 219 Å². The third-order valence-electron chi connectivity index (χ3n) is 6.44. The monoisotopic (exact) mass is 500 g/mol. The molecule has 0 aliphatic carbocycles. The first-order valence-electron chi connectivity index (χ1n) is 13.0. The van der Waals surface area contributed by atoms with E-state index in [2.05, 4.69) is 29.6 Å². The van der Waals surface area contributed by atoms with Gasteiger partial charge in [-0.05, 0) is 85.3 Å². The third kappa shape index (κ3) is 8.06.